The Hall–Kier alpha value is -1.19. The van der Waals surface area contributed by atoms with Gasteiger partial charge in [-0.1, -0.05) is 20.3 Å². The minimum absolute atomic E-state index is 0.108. The van der Waals surface area contributed by atoms with E-state index in [1.165, 1.54) is 0 Å². The molecule has 4 nitrogen and oxygen atoms in total. The van der Waals surface area contributed by atoms with E-state index in [2.05, 4.69) is 4.74 Å². The van der Waals surface area contributed by atoms with Crippen LogP contribution in [0.3, 0.4) is 0 Å². The quantitative estimate of drug-likeness (QED) is 0.361. The van der Waals surface area contributed by atoms with Crippen LogP contribution in [0.1, 0.15) is 46.5 Å². The predicted molar refractivity (Wildman–Crippen MR) is 60.0 cm³/mol. The van der Waals surface area contributed by atoms with E-state index >= 15 is 0 Å². The lowest BCUT2D eigenvalue weighted by Gasteiger charge is -2.11. The molecule has 0 N–H and O–H groups in total. The van der Waals surface area contributed by atoms with Crippen molar-refractivity contribution in [1.29, 1.82) is 0 Å². The summed E-state index contributed by atoms with van der Waals surface area (Å²) in [6.45, 7) is 5.68. The topological polar surface area (TPSA) is 60.4 Å². The lowest BCUT2D eigenvalue weighted by Crippen LogP contribution is -2.24. The van der Waals surface area contributed by atoms with Crippen LogP contribution in [-0.2, 0) is 19.1 Å². The van der Waals surface area contributed by atoms with Gasteiger partial charge in [0.1, 0.15) is 5.78 Å². The molecule has 1 unspecified atom stereocenters. The van der Waals surface area contributed by atoms with Crippen molar-refractivity contribution in [3.63, 3.8) is 0 Å². The summed E-state index contributed by atoms with van der Waals surface area (Å²) < 4.78 is 4.54. The second kappa shape index (κ2) is 8.02. The molecule has 0 saturated carbocycles. The van der Waals surface area contributed by atoms with Crippen LogP contribution >= 0.6 is 0 Å². The van der Waals surface area contributed by atoms with Crippen LogP contribution in [0.2, 0.25) is 0 Å². The van der Waals surface area contributed by atoms with Gasteiger partial charge in [0.2, 0.25) is 5.78 Å². The average Bonchev–Trinajstić information content (AvgIpc) is 2.25. The Labute approximate surface area is 96.4 Å². The molecule has 16 heavy (non-hydrogen) atoms. The monoisotopic (exact) mass is 228 g/mol. The van der Waals surface area contributed by atoms with Crippen molar-refractivity contribution in [3.05, 3.63) is 0 Å². The second-order valence-corrected chi connectivity index (χ2v) is 3.68. The van der Waals surface area contributed by atoms with Gasteiger partial charge in [0, 0.05) is 5.92 Å². The largest absolute Gasteiger partial charge is 0.460 e. The third-order valence-corrected chi connectivity index (χ3v) is 2.42. The third kappa shape index (κ3) is 5.05. The summed E-state index contributed by atoms with van der Waals surface area (Å²) in [6.07, 6.45) is 2.06. The maximum atomic E-state index is 11.7. The van der Waals surface area contributed by atoms with Crippen molar-refractivity contribution in [2.24, 2.45) is 5.92 Å². The van der Waals surface area contributed by atoms with Gasteiger partial charge in [-0.05, 0) is 19.8 Å². The summed E-state index contributed by atoms with van der Waals surface area (Å²) in [6, 6.07) is 0. The molecule has 1 atom stereocenters. The SMILES string of the molecule is CCCC(CC)C(=O)CC(=O)C(=O)OCC. The fourth-order valence-corrected chi connectivity index (χ4v) is 1.53. The number of Topliss-reactive ketones (excluding diaryl/α,β-unsaturated/α-hetero) is 2. The number of esters is 1. The van der Waals surface area contributed by atoms with Gasteiger partial charge in [-0.3, -0.25) is 9.59 Å². The molecule has 0 aromatic carbocycles. The van der Waals surface area contributed by atoms with Gasteiger partial charge in [0.25, 0.3) is 0 Å². The molecule has 0 aliphatic carbocycles. The van der Waals surface area contributed by atoms with Crippen LogP contribution in [0.15, 0.2) is 0 Å². The molecule has 0 rings (SSSR count). The zero-order valence-corrected chi connectivity index (χ0v) is 10.2. The summed E-state index contributed by atoms with van der Waals surface area (Å²) in [5.41, 5.74) is 0. The van der Waals surface area contributed by atoms with E-state index in [0.29, 0.717) is 6.42 Å². The van der Waals surface area contributed by atoms with Gasteiger partial charge < -0.3 is 4.74 Å². The highest BCUT2D eigenvalue weighted by Gasteiger charge is 2.23. The minimum atomic E-state index is -0.901. The maximum Gasteiger partial charge on any atom is 0.375 e. The second-order valence-electron chi connectivity index (χ2n) is 3.68. The van der Waals surface area contributed by atoms with Crippen LogP contribution < -0.4 is 0 Å². The first-order valence-electron chi connectivity index (χ1n) is 5.79. The minimum Gasteiger partial charge on any atom is -0.460 e. The Morgan fingerprint density at radius 2 is 1.75 bits per heavy atom. The van der Waals surface area contributed by atoms with Crippen molar-refractivity contribution < 1.29 is 19.1 Å². The first-order chi connectivity index (χ1) is 7.56. The smallest absolute Gasteiger partial charge is 0.375 e. The highest BCUT2D eigenvalue weighted by molar-refractivity contribution is 6.37. The molecule has 4 heteroatoms. The maximum absolute atomic E-state index is 11.7. The first kappa shape index (κ1) is 14.8. The van der Waals surface area contributed by atoms with Crippen LogP contribution in [-0.4, -0.2) is 24.1 Å². The standard InChI is InChI=1S/C12H20O4/c1-4-7-9(5-2)10(13)8-11(14)12(15)16-6-3/h9H,4-8H2,1-3H3. The number of carbonyl (C=O) groups is 3. The lowest BCUT2D eigenvalue weighted by molar-refractivity contribution is -0.154. The fraction of sp³-hybridized carbons (Fsp3) is 0.750. The molecule has 92 valence electrons. The van der Waals surface area contributed by atoms with Gasteiger partial charge in [0.15, 0.2) is 0 Å². The molecule has 0 bridgehead atoms. The van der Waals surface area contributed by atoms with Gasteiger partial charge >= 0.3 is 5.97 Å². The number of carbonyl (C=O) groups excluding carboxylic acids is 3. The number of ketones is 2. The zero-order chi connectivity index (χ0) is 12.6. The normalized spacial score (nSPS) is 11.9. The predicted octanol–water partition coefficient (Wildman–Crippen LogP) is 1.90. The Bertz CT molecular complexity index is 258. The van der Waals surface area contributed by atoms with Gasteiger partial charge in [0.05, 0.1) is 13.0 Å². The molecular formula is C12H20O4. The molecule has 0 radical (unpaired) electrons. The summed E-state index contributed by atoms with van der Waals surface area (Å²) in [4.78, 5) is 34.0. The molecule has 0 heterocycles. The number of ether oxygens (including phenoxy) is 1. The van der Waals surface area contributed by atoms with Gasteiger partial charge in [-0.25, -0.2) is 4.79 Å². The molecular weight excluding hydrogens is 208 g/mol. The van der Waals surface area contributed by atoms with Crippen LogP contribution in [0, 0.1) is 5.92 Å². The summed E-state index contributed by atoms with van der Waals surface area (Å²) in [5.74, 6) is -1.89. The number of rotatable bonds is 8. The van der Waals surface area contributed by atoms with E-state index in [-0.39, 0.29) is 24.7 Å². The highest BCUT2D eigenvalue weighted by Crippen LogP contribution is 2.14. The molecule has 0 amide bonds. The molecule has 0 aliphatic heterocycles. The van der Waals surface area contributed by atoms with Crippen LogP contribution in [0.25, 0.3) is 0 Å². The molecule has 0 spiro atoms. The Morgan fingerprint density at radius 3 is 2.19 bits per heavy atom. The summed E-state index contributed by atoms with van der Waals surface area (Å²) in [5, 5.41) is 0. The van der Waals surface area contributed by atoms with Gasteiger partial charge in [-0.15, -0.1) is 0 Å². The zero-order valence-electron chi connectivity index (χ0n) is 10.2. The van der Waals surface area contributed by atoms with Crippen molar-refractivity contribution in [2.45, 2.75) is 46.5 Å². The van der Waals surface area contributed by atoms with E-state index in [4.69, 9.17) is 0 Å². The van der Waals surface area contributed by atoms with Crippen LogP contribution in [0.5, 0.6) is 0 Å². The first-order valence-corrected chi connectivity index (χ1v) is 5.79. The highest BCUT2D eigenvalue weighted by atomic mass is 16.5. The number of hydrogen-bond donors (Lipinski definition) is 0. The van der Waals surface area contributed by atoms with E-state index < -0.39 is 11.8 Å². The number of hydrogen-bond acceptors (Lipinski definition) is 4. The fourth-order valence-electron chi connectivity index (χ4n) is 1.53. The third-order valence-electron chi connectivity index (χ3n) is 2.42. The van der Waals surface area contributed by atoms with Crippen LogP contribution in [0.4, 0.5) is 0 Å². The molecule has 0 aromatic heterocycles. The Kier molecular flexibility index (Phi) is 7.42. The van der Waals surface area contributed by atoms with E-state index in [0.717, 1.165) is 12.8 Å². The summed E-state index contributed by atoms with van der Waals surface area (Å²) >= 11 is 0. The lowest BCUT2D eigenvalue weighted by atomic mass is 9.93. The van der Waals surface area contributed by atoms with Crippen molar-refractivity contribution in [1.82, 2.24) is 0 Å². The van der Waals surface area contributed by atoms with E-state index in [9.17, 15) is 14.4 Å². The van der Waals surface area contributed by atoms with E-state index in [1.54, 1.807) is 6.92 Å². The molecule has 0 aliphatic rings. The molecule has 0 fully saturated rings. The van der Waals surface area contributed by atoms with E-state index in [1.807, 2.05) is 13.8 Å². The summed E-state index contributed by atoms with van der Waals surface area (Å²) in [7, 11) is 0. The Balaban J connectivity index is 4.21. The van der Waals surface area contributed by atoms with Crippen molar-refractivity contribution >= 4 is 17.5 Å². The van der Waals surface area contributed by atoms with Gasteiger partial charge in [-0.2, -0.15) is 0 Å². The Morgan fingerprint density at radius 1 is 1.12 bits per heavy atom. The molecule has 0 aromatic rings. The van der Waals surface area contributed by atoms with Crippen molar-refractivity contribution in [2.75, 3.05) is 6.61 Å². The average molecular weight is 228 g/mol. The molecule has 0 saturated heterocycles. The van der Waals surface area contributed by atoms with Crippen molar-refractivity contribution in [3.8, 4) is 0 Å².